The first kappa shape index (κ1) is 27.0. The number of hydrogen-bond acceptors (Lipinski definition) is 1. The molecule has 3 heteroatoms. The van der Waals surface area contributed by atoms with Gasteiger partial charge < -0.3 is 11.8 Å². The van der Waals surface area contributed by atoms with Crippen LogP contribution in [0.1, 0.15) is 0 Å². The summed E-state index contributed by atoms with van der Waals surface area (Å²) < 4.78 is 0. The van der Waals surface area contributed by atoms with E-state index < -0.39 is 0 Å². The van der Waals surface area contributed by atoms with Crippen molar-refractivity contribution in [2.45, 2.75) is 0 Å². The van der Waals surface area contributed by atoms with Crippen molar-refractivity contribution in [1.82, 2.24) is 0 Å². The van der Waals surface area contributed by atoms with Gasteiger partial charge in [-0.3, -0.25) is 0 Å². The quantitative estimate of drug-likeness (QED) is 0.444. The number of allylic oxidation sites excluding steroid dienone is 1. The normalized spacial score (nSPS) is 2.00. The van der Waals surface area contributed by atoms with E-state index >= 15 is 0 Å². The predicted octanol–water partition coefficient (Wildman–Crippen LogP) is 1.68. The van der Waals surface area contributed by atoms with Crippen molar-refractivity contribution in [2.24, 2.45) is 0 Å². The first-order valence-electron chi connectivity index (χ1n) is 1.04. The van der Waals surface area contributed by atoms with Crippen LogP contribution in [0.3, 0.4) is 0 Å². The minimum absolute atomic E-state index is 0. The zero-order valence-corrected chi connectivity index (χ0v) is 8.73. The van der Waals surface area contributed by atoms with Crippen LogP contribution in [0.2, 0.25) is 0 Å². The average molecular weight is 213 g/mol. The Morgan fingerprint density at radius 3 is 1.57 bits per heavy atom. The van der Waals surface area contributed by atoms with Crippen molar-refractivity contribution < 1.29 is 19.5 Å². The molecule has 36 valence electrons. The van der Waals surface area contributed by atoms with Crippen LogP contribution in [-0.4, -0.2) is 0 Å². The molecular formula is C4H6BrNZn. The van der Waals surface area contributed by atoms with Crippen LogP contribution in [0.25, 0.3) is 0 Å². The van der Waals surface area contributed by atoms with Crippen molar-refractivity contribution in [3.8, 4) is 0 Å². The number of rotatable bonds is 0. The van der Waals surface area contributed by atoms with Crippen molar-refractivity contribution in [3.05, 3.63) is 26.2 Å². The fourth-order valence-corrected chi connectivity index (χ4v) is 0. The van der Waals surface area contributed by atoms with Crippen LogP contribution in [0.4, 0.5) is 0 Å². The van der Waals surface area contributed by atoms with E-state index in [1.54, 1.807) is 0 Å². The van der Waals surface area contributed by atoms with E-state index in [2.05, 4.69) is 13.5 Å². The molecule has 0 aliphatic carbocycles. The van der Waals surface area contributed by atoms with Gasteiger partial charge in [0.15, 0.2) is 0 Å². The second-order valence-electron chi connectivity index (χ2n) is 0.289. The first-order valence-corrected chi connectivity index (χ1v) is 1.04. The molecule has 0 rings (SSSR count). The van der Waals surface area contributed by atoms with Crippen LogP contribution in [-0.2, 0) is 19.5 Å². The molecule has 0 saturated heterocycles. The molecule has 0 fully saturated rings. The maximum atomic E-state index is 6.25. The third-order valence-corrected chi connectivity index (χ3v) is 0. The van der Waals surface area contributed by atoms with Gasteiger partial charge in [0.1, 0.15) is 0 Å². The summed E-state index contributed by atoms with van der Waals surface area (Å²) in [5.41, 5.74) is 0. The molecule has 0 radical (unpaired) electrons. The molecule has 7 heavy (non-hydrogen) atoms. The summed E-state index contributed by atoms with van der Waals surface area (Å²) in [5.74, 6) is 0. The van der Waals surface area contributed by atoms with Gasteiger partial charge in [-0.05, 0) is 0 Å². The number of halogens is 1. The molecule has 0 N–H and O–H groups in total. The van der Waals surface area contributed by atoms with Gasteiger partial charge >= 0.3 is 19.5 Å². The molecule has 0 aromatic carbocycles. The molecule has 0 bridgehead atoms. The van der Waals surface area contributed by atoms with E-state index in [0.717, 1.165) is 0 Å². The fraction of sp³-hybridized carbons (Fsp3) is 0. The summed E-state index contributed by atoms with van der Waals surface area (Å²) in [4.78, 5) is 0. The Balaban J connectivity index is -0.0000000105. The summed E-state index contributed by atoms with van der Waals surface area (Å²) >= 11 is 0. The van der Waals surface area contributed by atoms with E-state index in [4.69, 9.17) is 11.8 Å². The third kappa shape index (κ3) is 2650. The Morgan fingerprint density at radius 2 is 1.57 bits per heavy atom. The maximum Gasteiger partial charge on any atom is 2.00 e. The van der Waals surface area contributed by atoms with E-state index in [1.165, 1.54) is 6.08 Å². The first-order chi connectivity index (χ1) is 2.41. The predicted molar refractivity (Wildman–Crippen MR) is 30.8 cm³/mol. The second-order valence-corrected chi connectivity index (χ2v) is 0.289. The number of nitrogens with zero attached hydrogens (tertiary/aromatic N) is 1. The van der Waals surface area contributed by atoms with Gasteiger partial charge in [0, 0.05) is 0 Å². The van der Waals surface area contributed by atoms with Crippen LogP contribution >= 0.6 is 17.0 Å². The molecule has 0 heterocycles. The Labute approximate surface area is 67.9 Å². The average Bonchev–Trinajstić information content (AvgIpc) is 1.46. The van der Waals surface area contributed by atoms with Crippen LogP contribution in [0, 0.1) is 18.8 Å². The van der Waals surface area contributed by atoms with Crippen molar-refractivity contribution >= 4 is 17.0 Å². The SMILES string of the molecule is Br.C=C[CH2-].[C-]#N.[Zn+2]. The Hall–Kier alpha value is 0.203. The molecule has 0 atom stereocenters. The Morgan fingerprint density at radius 1 is 1.57 bits per heavy atom. The minimum Gasteiger partial charge on any atom is -0.512 e. The molecule has 0 aromatic heterocycles. The summed E-state index contributed by atoms with van der Waals surface area (Å²) in [6, 6.07) is 0. The van der Waals surface area contributed by atoms with Gasteiger partial charge in [-0.1, -0.05) is 0 Å². The standard InChI is InChI=1S/C3H5.CN.BrH.Zn/c1-3-2;1-2;;/h3H,1-2H2;;1H;/q2*-1;;+2. The van der Waals surface area contributed by atoms with E-state index in [1.807, 2.05) is 0 Å². The van der Waals surface area contributed by atoms with Gasteiger partial charge in [0.05, 0.1) is 0 Å². The van der Waals surface area contributed by atoms with Gasteiger partial charge in [0.25, 0.3) is 0 Å². The molecule has 0 saturated carbocycles. The van der Waals surface area contributed by atoms with Crippen LogP contribution < -0.4 is 0 Å². The monoisotopic (exact) mass is 211 g/mol. The van der Waals surface area contributed by atoms with Crippen molar-refractivity contribution in [3.63, 3.8) is 0 Å². The second kappa shape index (κ2) is 116. The smallest absolute Gasteiger partial charge is 0.512 e. The Bertz CT molecular complexity index is 35.9. The largest absolute Gasteiger partial charge is 2.00 e. The molecule has 0 aromatic rings. The van der Waals surface area contributed by atoms with Crippen LogP contribution in [0.15, 0.2) is 12.7 Å². The van der Waals surface area contributed by atoms with Gasteiger partial charge in [0.2, 0.25) is 0 Å². The zero-order chi connectivity index (χ0) is 4.71. The Kier molecular flexibility index (Phi) is 448. The molecule has 0 aliphatic rings. The summed E-state index contributed by atoms with van der Waals surface area (Å²) in [7, 11) is 0. The molecule has 0 unspecified atom stereocenters. The third-order valence-electron chi connectivity index (χ3n) is 0. The molecule has 1 nitrogen and oxygen atoms in total. The summed E-state index contributed by atoms with van der Waals surface area (Å²) in [6.07, 6.45) is 1.50. The van der Waals surface area contributed by atoms with Crippen LogP contribution in [0.5, 0.6) is 0 Å². The maximum absolute atomic E-state index is 6.25. The molecule has 0 aliphatic heterocycles. The van der Waals surface area contributed by atoms with Gasteiger partial charge in [-0.25, -0.2) is 19.6 Å². The summed E-state index contributed by atoms with van der Waals surface area (Å²) in [5, 5.41) is 6.25. The minimum atomic E-state index is 0. The van der Waals surface area contributed by atoms with Gasteiger partial charge in [-0.15, -0.1) is 17.0 Å². The van der Waals surface area contributed by atoms with E-state index in [9.17, 15) is 0 Å². The number of hydrogen-bond donors (Lipinski definition) is 0. The molecular weight excluding hydrogens is 207 g/mol. The van der Waals surface area contributed by atoms with Gasteiger partial charge in [-0.2, -0.15) is 0 Å². The van der Waals surface area contributed by atoms with E-state index in [0.29, 0.717) is 0 Å². The van der Waals surface area contributed by atoms with Crippen molar-refractivity contribution in [1.29, 1.82) is 5.26 Å². The molecule has 0 amide bonds. The van der Waals surface area contributed by atoms with Crippen molar-refractivity contribution in [2.75, 3.05) is 0 Å². The van der Waals surface area contributed by atoms with E-state index in [-0.39, 0.29) is 36.5 Å². The zero-order valence-electron chi connectivity index (χ0n) is 4.05. The topological polar surface area (TPSA) is 23.8 Å². The summed E-state index contributed by atoms with van der Waals surface area (Å²) in [6.45, 7) is 11.2. The fourth-order valence-electron chi connectivity index (χ4n) is 0. The molecule has 0 spiro atoms.